The van der Waals surface area contributed by atoms with Gasteiger partial charge >= 0.3 is 0 Å². The van der Waals surface area contributed by atoms with Gasteiger partial charge < -0.3 is 10.5 Å². The molecule has 0 radical (unpaired) electrons. The third-order valence-corrected chi connectivity index (χ3v) is 6.38. The van der Waals surface area contributed by atoms with Crippen LogP contribution in [0.2, 0.25) is 0 Å². The second-order valence-corrected chi connectivity index (χ2v) is 9.03. The summed E-state index contributed by atoms with van der Waals surface area (Å²) >= 11 is 0. The molecule has 1 heterocycles. The summed E-state index contributed by atoms with van der Waals surface area (Å²) in [7, 11) is 1.71. The van der Waals surface area contributed by atoms with Gasteiger partial charge in [0.15, 0.2) is 11.5 Å². The highest BCUT2D eigenvalue weighted by atomic mass is 16.5. The van der Waals surface area contributed by atoms with Gasteiger partial charge in [0.2, 0.25) is 0 Å². The number of carbonyl (C=O) groups is 1. The first kappa shape index (κ1) is 20.0. The Morgan fingerprint density at radius 2 is 2.04 bits per heavy atom. The monoisotopic (exact) mass is 373 g/mol. The molecule has 0 saturated heterocycles. The minimum atomic E-state index is -0.867. The molecule has 5 nitrogen and oxygen atoms in total. The minimum Gasteiger partial charge on any atom is -0.491 e. The Morgan fingerprint density at radius 1 is 1.33 bits per heavy atom. The average Bonchev–Trinajstić information content (AvgIpc) is 2.84. The Kier molecular flexibility index (Phi) is 5.97. The number of nitrogens with zero attached hydrogens (tertiary/aromatic N) is 2. The Morgan fingerprint density at radius 3 is 2.63 bits per heavy atom. The van der Waals surface area contributed by atoms with E-state index in [2.05, 4.69) is 37.9 Å². The first-order valence-electron chi connectivity index (χ1n) is 10.5. The zero-order valence-corrected chi connectivity index (χ0v) is 17.3. The van der Waals surface area contributed by atoms with E-state index in [1.165, 1.54) is 42.6 Å². The molecule has 150 valence electrons. The molecule has 2 atom stereocenters. The second kappa shape index (κ2) is 8.07. The van der Waals surface area contributed by atoms with Gasteiger partial charge in [0, 0.05) is 7.05 Å². The zero-order chi connectivity index (χ0) is 19.6. The fourth-order valence-electron chi connectivity index (χ4n) is 4.63. The molecular weight excluding hydrogens is 338 g/mol. The van der Waals surface area contributed by atoms with Crippen LogP contribution in [0.4, 0.5) is 0 Å². The lowest BCUT2D eigenvalue weighted by Crippen LogP contribution is -2.46. The van der Waals surface area contributed by atoms with Crippen molar-refractivity contribution in [2.24, 2.45) is 28.5 Å². The lowest BCUT2D eigenvalue weighted by molar-refractivity contribution is -0.132. The molecule has 0 spiro atoms. The number of ether oxygens (including phenoxy) is 1. The largest absolute Gasteiger partial charge is 0.491 e. The van der Waals surface area contributed by atoms with Crippen molar-refractivity contribution in [1.82, 2.24) is 4.90 Å². The molecule has 1 fully saturated rings. The maximum Gasteiger partial charge on any atom is 0.260 e. The van der Waals surface area contributed by atoms with Gasteiger partial charge in [-0.3, -0.25) is 9.69 Å². The van der Waals surface area contributed by atoms with E-state index in [0.717, 1.165) is 18.6 Å². The summed E-state index contributed by atoms with van der Waals surface area (Å²) in [6.45, 7) is 6.90. The first-order valence-corrected chi connectivity index (χ1v) is 10.5. The van der Waals surface area contributed by atoms with Gasteiger partial charge in [-0.2, -0.15) is 0 Å². The second-order valence-electron chi connectivity index (χ2n) is 9.03. The highest BCUT2D eigenvalue weighted by Crippen LogP contribution is 2.37. The number of nitrogens with two attached hydrogens (primary N) is 1. The number of hydrogen-bond donors (Lipinski definition) is 1. The van der Waals surface area contributed by atoms with E-state index in [1.54, 1.807) is 7.05 Å². The minimum absolute atomic E-state index is 0.0249. The van der Waals surface area contributed by atoms with Crippen LogP contribution in [0.15, 0.2) is 28.5 Å². The molecule has 27 heavy (non-hydrogen) atoms. The number of likely N-dealkylation sites (N-methyl/N-ethyl adjacent to an activating group) is 1. The fraction of sp³-hybridized carbons (Fsp3) is 0.727. The van der Waals surface area contributed by atoms with Crippen LogP contribution in [0.1, 0.15) is 65.7 Å². The summed E-state index contributed by atoms with van der Waals surface area (Å²) in [5.74, 6) is 2.73. The smallest absolute Gasteiger partial charge is 0.260 e. The van der Waals surface area contributed by atoms with Crippen molar-refractivity contribution in [3.63, 3.8) is 0 Å². The Balaban J connectivity index is 1.77. The lowest BCUT2D eigenvalue weighted by Gasteiger charge is -2.32. The van der Waals surface area contributed by atoms with E-state index in [0.29, 0.717) is 23.7 Å². The van der Waals surface area contributed by atoms with Crippen LogP contribution in [0.25, 0.3) is 0 Å². The van der Waals surface area contributed by atoms with E-state index >= 15 is 0 Å². The van der Waals surface area contributed by atoms with Gasteiger partial charge in [-0.05, 0) is 49.7 Å². The maximum atomic E-state index is 13.0. The predicted molar refractivity (Wildman–Crippen MR) is 109 cm³/mol. The van der Waals surface area contributed by atoms with Crippen LogP contribution in [-0.2, 0) is 9.53 Å². The van der Waals surface area contributed by atoms with Crippen LogP contribution in [0, 0.1) is 17.8 Å². The molecular formula is C22H35N3O2. The van der Waals surface area contributed by atoms with E-state index in [9.17, 15) is 4.79 Å². The first-order chi connectivity index (χ1) is 12.8. The van der Waals surface area contributed by atoms with Gasteiger partial charge in [0.1, 0.15) is 12.4 Å². The van der Waals surface area contributed by atoms with Crippen LogP contribution in [0.5, 0.6) is 0 Å². The van der Waals surface area contributed by atoms with Gasteiger partial charge in [0.25, 0.3) is 5.91 Å². The normalized spacial score (nSPS) is 29.7. The molecule has 2 aliphatic carbocycles. The number of amides is 1. The Hall–Kier alpha value is -1.78. The average molecular weight is 374 g/mol. The highest BCUT2D eigenvalue weighted by Gasteiger charge is 2.48. The van der Waals surface area contributed by atoms with E-state index in [1.807, 2.05) is 0 Å². The third-order valence-electron chi connectivity index (χ3n) is 6.38. The van der Waals surface area contributed by atoms with Gasteiger partial charge in [-0.25, -0.2) is 4.99 Å². The predicted octanol–water partition coefficient (Wildman–Crippen LogP) is 4.01. The maximum absolute atomic E-state index is 13.0. The molecule has 5 heteroatoms. The van der Waals surface area contributed by atoms with Crippen molar-refractivity contribution in [3.8, 4) is 0 Å². The molecule has 1 saturated carbocycles. The number of hydrogen-bond acceptors (Lipinski definition) is 4. The quantitative estimate of drug-likeness (QED) is 0.765. The summed E-state index contributed by atoms with van der Waals surface area (Å²) in [5, 5.41) is 0. The fourth-order valence-corrected chi connectivity index (χ4v) is 4.63. The molecule has 1 aliphatic heterocycles. The van der Waals surface area contributed by atoms with Gasteiger partial charge in [-0.15, -0.1) is 0 Å². The SMILES string of the molecule is CC1=CC(OCC2(CC3CCCCC3)N=C(N)N(C)C2=O)=CC(C(C)C)C1. The summed E-state index contributed by atoms with van der Waals surface area (Å²) < 4.78 is 6.20. The van der Waals surface area contributed by atoms with Crippen molar-refractivity contribution in [2.75, 3.05) is 13.7 Å². The third kappa shape index (κ3) is 4.39. The molecule has 0 aromatic carbocycles. The zero-order valence-electron chi connectivity index (χ0n) is 17.3. The van der Waals surface area contributed by atoms with Gasteiger partial charge in [0.05, 0.1) is 0 Å². The Bertz CT molecular complexity index is 658. The topological polar surface area (TPSA) is 67.9 Å². The van der Waals surface area contributed by atoms with Crippen molar-refractivity contribution in [2.45, 2.75) is 71.3 Å². The molecule has 2 N–H and O–H groups in total. The van der Waals surface area contributed by atoms with Crippen LogP contribution in [0.3, 0.4) is 0 Å². The molecule has 3 rings (SSSR count). The number of guanidine groups is 1. The van der Waals surface area contributed by atoms with Gasteiger partial charge in [-0.1, -0.05) is 51.5 Å². The number of carbonyl (C=O) groups excluding carboxylic acids is 1. The molecule has 2 unspecified atom stereocenters. The number of allylic oxidation sites excluding steroid dienone is 3. The molecule has 0 bridgehead atoms. The summed E-state index contributed by atoms with van der Waals surface area (Å²) in [4.78, 5) is 19.2. The van der Waals surface area contributed by atoms with Crippen molar-refractivity contribution < 1.29 is 9.53 Å². The summed E-state index contributed by atoms with van der Waals surface area (Å²) in [5.41, 5.74) is 6.47. The van der Waals surface area contributed by atoms with E-state index in [4.69, 9.17) is 10.5 Å². The molecule has 1 amide bonds. The van der Waals surface area contributed by atoms with E-state index in [-0.39, 0.29) is 12.5 Å². The van der Waals surface area contributed by atoms with Crippen LogP contribution >= 0.6 is 0 Å². The molecule has 3 aliphatic rings. The van der Waals surface area contributed by atoms with Crippen molar-refractivity contribution in [3.05, 3.63) is 23.5 Å². The Labute approximate surface area is 163 Å². The molecule has 0 aromatic heterocycles. The summed E-state index contributed by atoms with van der Waals surface area (Å²) in [6.07, 6.45) is 12.3. The number of aliphatic imine (C=N–C) groups is 1. The van der Waals surface area contributed by atoms with Crippen molar-refractivity contribution in [1.29, 1.82) is 0 Å². The highest BCUT2D eigenvalue weighted by molar-refractivity contribution is 6.06. The summed E-state index contributed by atoms with van der Waals surface area (Å²) in [6, 6.07) is 0. The standard InChI is InChI=1S/C22H35N3O2/c1-15(2)18-10-16(3)11-19(12-18)27-14-22(13-17-8-6-5-7-9-17)20(26)25(4)21(23)24-22/h11-12,15,17-18H,5-10,13-14H2,1-4H3,(H2,23,24). The van der Waals surface area contributed by atoms with Crippen LogP contribution in [-0.4, -0.2) is 36.0 Å². The van der Waals surface area contributed by atoms with Crippen LogP contribution < -0.4 is 5.73 Å². The lowest BCUT2D eigenvalue weighted by atomic mass is 9.79. The number of rotatable bonds is 6. The van der Waals surface area contributed by atoms with Crippen molar-refractivity contribution >= 4 is 11.9 Å². The molecule has 0 aromatic rings. The van der Waals surface area contributed by atoms with E-state index < -0.39 is 5.54 Å².